The van der Waals surface area contributed by atoms with Crippen LogP contribution in [0, 0.1) is 0 Å². The molecular weight excluding hydrogens is 1230 g/mol. The van der Waals surface area contributed by atoms with Crippen LogP contribution in [0.15, 0.2) is 0 Å². The maximum atomic E-state index is 11.1. The highest BCUT2D eigenvalue weighted by molar-refractivity contribution is 5.04. The molecule has 0 spiro atoms. The van der Waals surface area contributed by atoms with Crippen molar-refractivity contribution in [3.8, 4) is 0 Å². The summed E-state index contributed by atoms with van der Waals surface area (Å²) in [5.74, 6) is 0. The molecule has 0 aliphatic carbocycles. The fourth-order valence-electron chi connectivity index (χ4n) is 13.8. The zero-order valence-corrected chi connectivity index (χ0v) is 53.8. The van der Waals surface area contributed by atoms with Gasteiger partial charge in [0.1, 0.15) is 171 Å². The number of hydrogen-bond donors (Lipinski definition) is 7. The summed E-state index contributed by atoms with van der Waals surface area (Å²) in [6, 6.07) is 0. The predicted molar refractivity (Wildman–Crippen MR) is 297 cm³/mol. The van der Waals surface area contributed by atoms with E-state index in [0.717, 1.165) is 0 Å². The first-order valence-corrected chi connectivity index (χ1v) is 30.1. The number of hydrogen-bond acceptors (Lipinski definition) is 35. The number of ether oxygens (including phenoxy) is 28. The summed E-state index contributed by atoms with van der Waals surface area (Å²) in [5, 5.41) is 66.6. The van der Waals surface area contributed by atoms with Crippen LogP contribution in [-0.4, -0.2) is 391 Å². The van der Waals surface area contributed by atoms with E-state index in [2.05, 4.69) is 0 Å². The molecule has 0 saturated carbocycles. The van der Waals surface area contributed by atoms with Gasteiger partial charge in [-0.15, -0.1) is 0 Å². The molecule has 21 aliphatic heterocycles. The maximum Gasteiger partial charge on any atom is 0.187 e. The van der Waals surface area contributed by atoms with Crippen molar-refractivity contribution >= 4 is 0 Å². The first kappa shape index (κ1) is 75.4. The van der Waals surface area contributed by atoms with E-state index in [1.807, 2.05) is 0 Å². The largest absolute Gasteiger partial charge is 0.394 e. The fourth-order valence-corrected chi connectivity index (χ4v) is 13.8. The molecule has 21 aliphatic rings. The summed E-state index contributed by atoms with van der Waals surface area (Å²) in [6.07, 6.45) is -42.5. The Bertz CT molecular complexity index is 1700. The van der Waals surface area contributed by atoms with Gasteiger partial charge in [0.25, 0.3) is 0 Å². The summed E-state index contributed by atoms with van der Waals surface area (Å²) < 4.78 is 177. The maximum absolute atomic E-state index is 11.1. The van der Waals surface area contributed by atoms with Crippen LogP contribution in [0.3, 0.4) is 0 Å². The number of aliphatic hydroxyl groups is 6. The van der Waals surface area contributed by atoms with Crippen LogP contribution in [0.25, 0.3) is 0 Å². The normalized spacial score (nSPS) is 48.7. The molecule has 35 heteroatoms. The first-order valence-electron chi connectivity index (χ1n) is 30.1. The molecule has 91 heavy (non-hydrogen) atoms. The lowest BCUT2D eigenvalue weighted by atomic mass is 9.94. The Hall–Kier alpha value is -1.40. The predicted octanol–water partition coefficient (Wildman–Crippen LogP) is -6.11. The number of aliphatic hydroxyl groups excluding tert-OH is 6. The highest BCUT2D eigenvalue weighted by atomic mass is 16.8. The highest BCUT2D eigenvalue weighted by Gasteiger charge is 2.62. The fraction of sp³-hybridized carbons (Fsp3) is 1.00. The standard InChI is InChI=1S/C56H99NO34/c1-64-36-29-22(15-57)78-50(43(36)71-8)86-30-23(16-58)80-52(45(73-10)37(30)65-2)88-32-25(18-60)82-54(47(75-12)39(32)67-4)90-34-27(20-62)84-56(49(77-14)41(34)69-6)91-35-28(21-63)83-55(48(76-13)42(35)70-7)89-33-26(19-61)81-53(46(74-11)40(33)68-5)87-31-24(17-59)79-51(85-29)44(72-9)38(31)66-3/h22-56,58-63H,15-21,57H2,1-14H3/t22-,23-,24-,25-,26-,27-,28-,29-,30-,31-,32-,33-,34-,35-,36+,37+,38+,39+,40+,41+,42+,43-,44-,45-,46-,47-,48-,49-,50-,51-,52-,53-,54-,55-,56-/m1/s1. The lowest BCUT2D eigenvalue weighted by Crippen LogP contribution is -2.69. The van der Waals surface area contributed by atoms with Gasteiger partial charge < -0.3 is 169 Å². The van der Waals surface area contributed by atoms with E-state index in [4.69, 9.17) is 138 Å². The molecule has 35 atom stereocenters. The van der Waals surface area contributed by atoms with Gasteiger partial charge >= 0.3 is 0 Å². The first-order chi connectivity index (χ1) is 44.2. The third kappa shape index (κ3) is 15.3. The minimum atomic E-state index is -1.41. The average molecular weight is 1330 g/mol. The van der Waals surface area contributed by atoms with Gasteiger partial charge in [0.15, 0.2) is 44.0 Å². The molecule has 21 heterocycles. The van der Waals surface area contributed by atoms with E-state index in [-0.39, 0.29) is 6.54 Å². The van der Waals surface area contributed by atoms with E-state index < -0.39 is 255 Å². The van der Waals surface area contributed by atoms with Gasteiger partial charge in [-0.2, -0.15) is 0 Å². The Morgan fingerprint density at radius 3 is 0.429 bits per heavy atom. The van der Waals surface area contributed by atoms with Crippen molar-refractivity contribution in [1.29, 1.82) is 0 Å². The Morgan fingerprint density at radius 1 is 0.198 bits per heavy atom. The van der Waals surface area contributed by atoms with Crippen LogP contribution in [-0.2, 0) is 133 Å². The summed E-state index contributed by atoms with van der Waals surface area (Å²) in [7, 11) is 19.4. The molecule has 8 N–H and O–H groups in total. The van der Waals surface area contributed by atoms with Crippen LogP contribution < -0.4 is 5.73 Å². The molecule has 14 bridgehead atoms. The van der Waals surface area contributed by atoms with E-state index in [1.54, 1.807) is 0 Å². The van der Waals surface area contributed by atoms with Crippen molar-refractivity contribution in [3.05, 3.63) is 0 Å². The highest BCUT2D eigenvalue weighted by Crippen LogP contribution is 2.42. The monoisotopic (exact) mass is 1330 g/mol. The second-order valence-corrected chi connectivity index (χ2v) is 22.6. The average Bonchev–Trinajstić information content (AvgIpc) is 0.788. The number of rotatable bonds is 21. The molecule has 21 saturated heterocycles. The Labute approximate surface area is 528 Å². The molecule has 0 unspecified atom stereocenters. The minimum absolute atomic E-state index is 0.192. The third-order valence-electron chi connectivity index (χ3n) is 18.3. The van der Waals surface area contributed by atoms with Gasteiger partial charge in [0.2, 0.25) is 0 Å². The van der Waals surface area contributed by atoms with Gasteiger partial charge in [-0.05, 0) is 0 Å². The Kier molecular flexibility index (Phi) is 29.3. The van der Waals surface area contributed by atoms with Crippen LogP contribution >= 0.6 is 0 Å². The molecule has 0 amide bonds. The van der Waals surface area contributed by atoms with Crippen LogP contribution in [0.4, 0.5) is 0 Å². The lowest BCUT2D eigenvalue weighted by Gasteiger charge is -2.52. The molecular formula is C56H99NO34. The van der Waals surface area contributed by atoms with E-state index in [1.165, 1.54) is 99.5 Å². The molecule has 532 valence electrons. The van der Waals surface area contributed by atoms with Crippen LogP contribution in [0.5, 0.6) is 0 Å². The van der Waals surface area contributed by atoms with Crippen molar-refractivity contribution in [1.82, 2.24) is 0 Å². The van der Waals surface area contributed by atoms with Gasteiger partial charge in [-0.25, -0.2) is 0 Å². The summed E-state index contributed by atoms with van der Waals surface area (Å²) in [5.41, 5.74) is 6.47. The van der Waals surface area contributed by atoms with E-state index >= 15 is 0 Å². The number of nitrogens with two attached hydrogens (primary N) is 1. The van der Waals surface area contributed by atoms with Gasteiger partial charge in [0, 0.05) is 106 Å². The Morgan fingerprint density at radius 2 is 0.319 bits per heavy atom. The van der Waals surface area contributed by atoms with E-state index in [9.17, 15) is 30.6 Å². The van der Waals surface area contributed by atoms with Crippen LogP contribution in [0.1, 0.15) is 0 Å². The summed E-state index contributed by atoms with van der Waals surface area (Å²) in [4.78, 5) is 0. The smallest absolute Gasteiger partial charge is 0.187 e. The van der Waals surface area contributed by atoms with Crippen molar-refractivity contribution in [3.63, 3.8) is 0 Å². The zero-order valence-electron chi connectivity index (χ0n) is 53.8. The van der Waals surface area contributed by atoms with E-state index in [0.29, 0.717) is 0 Å². The molecule has 35 nitrogen and oxygen atoms in total. The Balaban J connectivity index is 1.19. The van der Waals surface area contributed by atoms with Crippen molar-refractivity contribution in [2.75, 3.05) is 146 Å². The van der Waals surface area contributed by atoms with Gasteiger partial charge in [-0.1, -0.05) is 0 Å². The lowest BCUT2D eigenvalue weighted by molar-refractivity contribution is -0.402. The zero-order chi connectivity index (χ0) is 66.0. The number of methoxy groups -OCH3 is 14. The molecule has 0 aromatic rings. The second-order valence-electron chi connectivity index (χ2n) is 22.6. The molecule has 21 fully saturated rings. The SMILES string of the molecule is CO[C@@H]1[C@@H](OC)[C@H]2O[C@H]3[C@H](OC)[C@@H](OC)[C@@H](O[C@H]4[C@H](OC)[C@@H](OC)[C@@H](O[C@H]5[C@H](OC)[C@@H](OC)[C@@H](O[C@H]6[C@H](OC)[C@@H](OC)[C@@H](O[C@H]7[C@H](OC)[C@@H](OC)[C@@H](O[C@H]8[C@H](OC)[C@@H](OC)[C@@H](O[C@@H]1[C@@H](CN)O2)O[C@@H]8CO)O[C@@H]7CO)O[C@@H]6CO)O[C@@H]5CO)O[C@@H]4CO)O[C@@H]3CO. The molecule has 0 aromatic heterocycles. The van der Waals surface area contributed by atoms with Gasteiger partial charge in [-0.3, -0.25) is 0 Å². The second kappa shape index (κ2) is 35.4. The van der Waals surface area contributed by atoms with Crippen molar-refractivity contribution < 1.29 is 163 Å². The van der Waals surface area contributed by atoms with Crippen molar-refractivity contribution in [2.45, 2.75) is 215 Å². The quantitative estimate of drug-likeness (QED) is 0.0562. The summed E-state index contributed by atoms with van der Waals surface area (Å²) >= 11 is 0. The minimum Gasteiger partial charge on any atom is -0.394 e. The topological polar surface area (TPSA) is 406 Å². The van der Waals surface area contributed by atoms with Gasteiger partial charge in [0.05, 0.1) is 39.6 Å². The van der Waals surface area contributed by atoms with Crippen molar-refractivity contribution in [2.24, 2.45) is 5.73 Å². The molecule has 0 aromatic carbocycles. The summed E-state index contributed by atoms with van der Waals surface area (Å²) in [6.45, 7) is -4.26. The third-order valence-corrected chi connectivity index (χ3v) is 18.3. The van der Waals surface area contributed by atoms with Crippen LogP contribution in [0.2, 0.25) is 0 Å². The molecule has 21 rings (SSSR count). The molecule has 0 radical (unpaired) electrons.